The summed E-state index contributed by atoms with van der Waals surface area (Å²) in [6.45, 7) is 0. The Hall–Kier alpha value is -3.11. The van der Waals surface area contributed by atoms with E-state index in [2.05, 4.69) is 10.6 Å². The van der Waals surface area contributed by atoms with Gasteiger partial charge in [0.1, 0.15) is 16.4 Å². The average molecular weight is 391 g/mol. The predicted molar refractivity (Wildman–Crippen MR) is 97.1 cm³/mol. The Kier molecular flexibility index (Phi) is 5.02. The molecule has 0 saturated carbocycles. The molecule has 2 aromatic rings. The van der Waals surface area contributed by atoms with E-state index in [1.807, 2.05) is 0 Å². The first kappa shape index (κ1) is 18.7. The van der Waals surface area contributed by atoms with E-state index in [9.17, 15) is 18.0 Å². The second kappa shape index (κ2) is 7.25. The molecule has 1 atom stereocenters. The van der Waals surface area contributed by atoms with Crippen molar-refractivity contribution < 1.29 is 27.5 Å². The fourth-order valence-electron chi connectivity index (χ4n) is 2.58. The highest BCUT2D eigenvalue weighted by atomic mass is 32.2. The number of hydrogen-bond donors (Lipinski definition) is 3. The Balaban J connectivity index is 1.72. The number of anilines is 2. The Labute approximate surface area is 155 Å². The van der Waals surface area contributed by atoms with Gasteiger partial charge in [-0.2, -0.15) is 0 Å². The lowest BCUT2D eigenvalue weighted by molar-refractivity contribution is -0.128. The van der Waals surface area contributed by atoms with Crippen molar-refractivity contribution in [3.63, 3.8) is 0 Å². The number of rotatable bonds is 5. The van der Waals surface area contributed by atoms with Crippen molar-refractivity contribution in [3.05, 3.63) is 42.5 Å². The minimum absolute atomic E-state index is 0.0575. The van der Waals surface area contributed by atoms with Crippen LogP contribution in [0.3, 0.4) is 0 Å². The molecule has 2 amide bonds. The van der Waals surface area contributed by atoms with Crippen molar-refractivity contribution in [3.8, 4) is 11.5 Å². The fraction of sp³-hybridized carbons (Fsp3) is 0.176. The van der Waals surface area contributed by atoms with Crippen LogP contribution in [-0.2, 0) is 19.6 Å². The molecule has 1 aliphatic heterocycles. The Bertz CT molecular complexity index is 1010. The van der Waals surface area contributed by atoms with Crippen LogP contribution in [-0.4, -0.2) is 33.4 Å². The maximum atomic E-state index is 12.3. The number of methoxy groups -OCH3 is 1. The van der Waals surface area contributed by atoms with Crippen LogP contribution < -0.4 is 25.2 Å². The zero-order valence-electron chi connectivity index (χ0n) is 14.3. The van der Waals surface area contributed by atoms with Gasteiger partial charge in [-0.15, -0.1) is 0 Å². The van der Waals surface area contributed by atoms with E-state index < -0.39 is 27.9 Å². The van der Waals surface area contributed by atoms with Crippen molar-refractivity contribution in [2.45, 2.75) is 17.4 Å². The number of sulfonamides is 1. The molecule has 0 radical (unpaired) electrons. The molecule has 1 aliphatic rings. The summed E-state index contributed by atoms with van der Waals surface area (Å²) in [4.78, 5) is 24.1. The molecule has 1 heterocycles. The number of carbonyl (C=O) groups excluding carboxylic acids is 2. The quantitative estimate of drug-likeness (QED) is 0.697. The maximum Gasteiger partial charge on any atom is 0.266 e. The molecule has 0 aliphatic carbocycles. The second-order valence-corrected chi connectivity index (χ2v) is 7.28. The van der Waals surface area contributed by atoms with E-state index in [1.165, 1.54) is 25.3 Å². The van der Waals surface area contributed by atoms with Crippen LogP contribution >= 0.6 is 0 Å². The first-order valence-electron chi connectivity index (χ1n) is 7.85. The number of fused-ring (bicyclic) bond motifs is 1. The summed E-state index contributed by atoms with van der Waals surface area (Å²) in [5, 5.41) is 10.3. The first-order chi connectivity index (χ1) is 12.8. The topological polar surface area (TPSA) is 137 Å². The summed E-state index contributed by atoms with van der Waals surface area (Å²) in [5.74, 6) is -0.443. The van der Waals surface area contributed by atoms with Crippen LogP contribution in [0.2, 0.25) is 0 Å². The van der Waals surface area contributed by atoms with E-state index in [4.69, 9.17) is 14.6 Å². The molecule has 0 bridgehead atoms. The van der Waals surface area contributed by atoms with Crippen molar-refractivity contribution in [2.24, 2.45) is 5.14 Å². The fourth-order valence-corrected chi connectivity index (χ4v) is 3.31. The minimum atomic E-state index is -4.04. The van der Waals surface area contributed by atoms with Crippen LogP contribution in [0.5, 0.6) is 11.5 Å². The zero-order chi connectivity index (χ0) is 19.6. The summed E-state index contributed by atoms with van der Waals surface area (Å²) < 4.78 is 33.8. The molecule has 27 heavy (non-hydrogen) atoms. The largest absolute Gasteiger partial charge is 0.495 e. The van der Waals surface area contributed by atoms with Crippen molar-refractivity contribution in [1.82, 2.24) is 0 Å². The standard InChI is InChI=1S/C17H17N3O6S/c1-25-13-7-6-10(8-15(13)27(18,23)24)19-16(21)9-14-17(22)20-11-4-2-3-5-12(11)26-14/h2-8,14H,9H2,1H3,(H,19,21)(H,20,22)(H2,18,23,24)/t14-/m0/s1. The third-order valence-corrected chi connectivity index (χ3v) is 4.76. The van der Waals surface area contributed by atoms with Crippen LogP contribution in [0.15, 0.2) is 47.4 Å². The number of hydrogen-bond acceptors (Lipinski definition) is 6. The zero-order valence-corrected chi connectivity index (χ0v) is 15.1. The van der Waals surface area contributed by atoms with E-state index >= 15 is 0 Å². The van der Waals surface area contributed by atoms with E-state index in [-0.39, 0.29) is 22.8 Å². The van der Waals surface area contributed by atoms with E-state index in [1.54, 1.807) is 24.3 Å². The van der Waals surface area contributed by atoms with Crippen LogP contribution in [0.25, 0.3) is 0 Å². The molecular weight excluding hydrogens is 374 g/mol. The molecule has 3 rings (SSSR count). The SMILES string of the molecule is COc1ccc(NC(=O)C[C@@H]2Oc3ccccc3NC2=O)cc1S(N)(=O)=O. The number of para-hydroxylation sites is 2. The lowest BCUT2D eigenvalue weighted by Gasteiger charge is -2.25. The predicted octanol–water partition coefficient (Wildman–Crippen LogP) is 1.07. The molecule has 2 aromatic carbocycles. The monoisotopic (exact) mass is 391 g/mol. The van der Waals surface area contributed by atoms with Gasteiger partial charge in [0.15, 0.2) is 6.10 Å². The second-order valence-electron chi connectivity index (χ2n) is 5.75. The van der Waals surface area contributed by atoms with E-state index in [0.29, 0.717) is 11.4 Å². The number of amides is 2. The smallest absolute Gasteiger partial charge is 0.266 e. The first-order valence-corrected chi connectivity index (χ1v) is 9.40. The Morgan fingerprint density at radius 1 is 1.30 bits per heavy atom. The normalized spacial score (nSPS) is 15.9. The molecule has 142 valence electrons. The van der Waals surface area contributed by atoms with Gasteiger partial charge in [-0.25, -0.2) is 13.6 Å². The number of ether oxygens (including phenoxy) is 2. The summed E-state index contributed by atoms with van der Waals surface area (Å²) >= 11 is 0. The van der Waals surface area contributed by atoms with Crippen LogP contribution in [0.4, 0.5) is 11.4 Å². The number of benzene rings is 2. The van der Waals surface area contributed by atoms with Crippen molar-refractivity contribution in [2.75, 3.05) is 17.7 Å². The van der Waals surface area contributed by atoms with Gasteiger partial charge in [0, 0.05) is 5.69 Å². The van der Waals surface area contributed by atoms with Crippen molar-refractivity contribution >= 4 is 33.2 Å². The summed E-state index contributed by atoms with van der Waals surface area (Å²) in [6, 6.07) is 10.9. The number of carbonyl (C=O) groups is 2. The summed E-state index contributed by atoms with van der Waals surface area (Å²) in [6.07, 6.45) is -1.26. The van der Waals surface area contributed by atoms with Gasteiger partial charge in [-0.3, -0.25) is 9.59 Å². The highest BCUT2D eigenvalue weighted by Crippen LogP contribution is 2.30. The summed E-state index contributed by atoms with van der Waals surface area (Å²) in [7, 11) is -2.73. The lowest BCUT2D eigenvalue weighted by atomic mass is 10.1. The molecule has 0 aromatic heterocycles. The molecule has 0 spiro atoms. The highest BCUT2D eigenvalue weighted by Gasteiger charge is 2.29. The molecule has 0 saturated heterocycles. The number of nitrogens with two attached hydrogens (primary N) is 1. The van der Waals surface area contributed by atoms with Gasteiger partial charge in [0.05, 0.1) is 19.2 Å². The third kappa shape index (κ3) is 4.18. The molecule has 0 unspecified atom stereocenters. The average Bonchev–Trinajstić information content (AvgIpc) is 2.61. The van der Waals surface area contributed by atoms with Crippen molar-refractivity contribution in [1.29, 1.82) is 0 Å². The van der Waals surface area contributed by atoms with Gasteiger partial charge in [0.2, 0.25) is 15.9 Å². The highest BCUT2D eigenvalue weighted by molar-refractivity contribution is 7.89. The van der Waals surface area contributed by atoms with Gasteiger partial charge < -0.3 is 20.1 Å². The lowest BCUT2D eigenvalue weighted by Crippen LogP contribution is -2.39. The van der Waals surface area contributed by atoms with Gasteiger partial charge in [-0.1, -0.05) is 12.1 Å². The summed E-state index contributed by atoms with van der Waals surface area (Å²) in [5.41, 5.74) is 0.730. The van der Waals surface area contributed by atoms with Gasteiger partial charge >= 0.3 is 0 Å². The molecule has 9 nitrogen and oxygen atoms in total. The molecule has 4 N–H and O–H groups in total. The number of primary sulfonamides is 1. The Morgan fingerprint density at radius 3 is 2.74 bits per heavy atom. The molecule has 10 heteroatoms. The minimum Gasteiger partial charge on any atom is -0.495 e. The van der Waals surface area contributed by atoms with Crippen LogP contribution in [0.1, 0.15) is 6.42 Å². The molecule has 0 fully saturated rings. The van der Waals surface area contributed by atoms with E-state index in [0.717, 1.165) is 0 Å². The van der Waals surface area contributed by atoms with Gasteiger partial charge in [-0.05, 0) is 30.3 Å². The maximum absolute atomic E-state index is 12.3. The number of nitrogens with one attached hydrogen (secondary N) is 2. The van der Waals surface area contributed by atoms with Crippen LogP contribution in [0, 0.1) is 0 Å². The Morgan fingerprint density at radius 2 is 2.04 bits per heavy atom. The van der Waals surface area contributed by atoms with Gasteiger partial charge in [0.25, 0.3) is 5.91 Å². The molecular formula is C17H17N3O6S. The third-order valence-electron chi connectivity index (χ3n) is 3.83.